The summed E-state index contributed by atoms with van der Waals surface area (Å²) in [5, 5.41) is 0. The van der Waals surface area contributed by atoms with Crippen molar-refractivity contribution in [2.75, 3.05) is 0 Å². The zero-order valence-corrected chi connectivity index (χ0v) is 15.4. The molecule has 2 aliphatic rings. The number of allylic oxidation sites excluding steroid dienone is 6. The van der Waals surface area contributed by atoms with Gasteiger partial charge in [-0.3, -0.25) is 0 Å². The van der Waals surface area contributed by atoms with Crippen molar-refractivity contribution in [2.24, 2.45) is 5.92 Å². The minimum Gasteiger partial charge on any atom is -0.0773 e. The van der Waals surface area contributed by atoms with E-state index in [4.69, 9.17) is 0 Å². The summed E-state index contributed by atoms with van der Waals surface area (Å²) in [5.74, 6) is 1.30. The predicted molar refractivity (Wildman–Crippen MR) is 106 cm³/mol. The summed E-state index contributed by atoms with van der Waals surface area (Å²) in [4.78, 5) is 0. The second-order valence-electron chi connectivity index (χ2n) is 7.43. The first-order valence-electron chi connectivity index (χ1n) is 10.0. The minimum atomic E-state index is 0.634. The Kier molecular flexibility index (Phi) is 6.12. The molecule has 2 atom stereocenters. The largest absolute Gasteiger partial charge is 0.0773 e. The highest BCUT2D eigenvalue weighted by molar-refractivity contribution is 5.74. The molecule has 0 radical (unpaired) electrons. The number of hydrogen-bond donors (Lipinski definition) is 0. The normalized spacial score (nSPS) is 21.8. The molecule has 2 unspecified atom stereocenters. The van der Waals surface area contributed by atoms with E-state index < -0.39 is 0 Å². The van der Waals surface area contributed by atoms with Crippen LogP contribution in [-0.4, -0.2) is 0 Å². The second kappa shape index (κ2) is 8.51. The van der Waals surface area contributed by atoms with Gasteiger partial charge in [0.15, 0.2) is 0 Å². The van der Waals surface area contributed by atoms with E-state index in [0.717, 1.165) is 0 Å². The van der Waals surface area contributed by atoms with Crippen molar-refractivity contribution < 1.29 is 0 Å². The standard InChI is InChI=1S/C24H32/c1-3-5-9-19-13-14-20(17-19)15-16-22-18-21(10-6-4-2)23-11-7-8-12-24(22)23/h7-8,11-14,17-18,20,22H,3-6,9-10,15-16H2,1-2H3. The van der Waals surface area contributed by atoms with Crippen molar-refractivity contribution in [1.29, 1.82) is 0 Å². The van der Waals surface area contributed by atoms with Gasteiger partial charge in [0.2, 0.25) is 0 Å². The van der Waals surface area contributed by atoms with Crippen molar-refractivity contribution in [3.63, 3.8) is 0 Å². The lowest BCUT2D eigenvalue weighted by molar-refractivity contribution is 0.620. The van der Waals surface area contributed by atoms with E-state index in [1.54, 1.807) is 16.7 Å². The van der Waals surface area contributed by atoms with E-state index in [1.165, 1.54) is 56.9 Å². The monoisotopic (exact) mass is 320 g/mol. The maximum absolute atomic E-state index is 2.57. The average Bonchev–Trinajstić information content (AvgIpc) is 3.21. The SMILES string of the molecule is CCCCC1=CC(CCC2C=C(CCCC)c3ccccc32)C=C1. The molecule has 0 fully saturated rings. The molecule has 128 valence electrons. The summed E-state index contributed by atoms with van der Waals surface area (Å²) >= 11 is 0. The predicted octanol–water partition coefficient (Wildman–Crippen LogP) is 7.44. The van der Waals surface area contributed by atoms with Crippen LogP contribution in [-0.2, 0) is 0 Å². The van der Waals surface area contributed by atoms with Crippen LogP contribution in [0, 0.1) is 5.92 Å². The lowest BCUT2D eigenvalue weighted by Gasteiger charge is -2.12. The molecule has 24 heavy (non-hydrogen) atoms. The lowest BCUT2D eigenvalue weighted by atomic mass is 9.92. The molecule has 0 bridgehead atoms. The summed E-state index contributed by atoms with van der Waals surface area (Å²) in [6.07, 6.45) is 20.1. The zero-order chi connectivity index (χ0) is 16.8. The van der Waals surface area contributed by atoms with Gasteiger partial charge >= 0.3 is 0 Å². The molecule has 0 nitrogen and oxygen atoms in total. The number of hydrogen-bond acceptors (Lipinski definition) is 0. The van der Waals surface area contributed by atoms with Crippen LogP contribution < -0.4 is 0 Å². The number of fused-ring (bicyclic) bond motifs is 1. The van der Waals surface area contributed by atoms with Crippen LogP contribution in [0.4, 0.5) is 0 Å². The van der Waals surface area contributed by atoms with Crippen molar-refractivity contribution in [3.8, 4) is 0 Å². The highest BCUT2D eigenvalue weighted by Gasteiger charge is 2.23. The maximum atomic E-state index is 2.57. The minimum absolute atomic E-state index is 0.634. The van der Waals surface area contributed by atoms with Gasteiger partial charge in [-0.25, -0.2) is 0 Å². The van der Waals surface area contributed by atoms with Gasteiger partial charge in [0.1, 0.15) is 0 Å². The highest BCUT2D eigenvalue weighted by Crippen LogP contribution is 2.41. The average molecular weight is 321 g/mol. The van der Waals surface area contributed by atoms with Crippen LogP contribution in [0.1, 0.15) is 82.3 Å². The second-order valence-corrected chi connectivity index (χ2v) is 7.43. The van der Waals surface area contributed by atoms with Gasteiger partial charge in [0.25, 0.3) is 0 Å². The Morgan fingerprint density at radius 1 is 0.875 bits per heavy atom. The fraction of sp³-hybridized carbons (Fsp3) is 0.500. The van der Waals surface area contributed by atoms with Crippen molar-refractivity contribution in [3.05, 3.63) is 65.3 Å². The molecule has 0 spiro atoms. The van der Waals surface area contributed by atoms with Gasteiger partial charge in [-0.1, -0.05) is 80.8 Å². The van der Waals surface area contributed by atoms with Gasteiger partial charge < -0.3 is 0 Å². The Labute approximate surface area is 148 Å². The molecule has 0 heteroatoms. The van der Waals surface area contributed by atoms with Crippen LogP contribution in [0.3, 0.4) is 0 Å². The third-order valence-electron chi connectivity index (χ3n) is 5.52. The topological polar surface area (TPSA) is 0 Å². The molecule has 0 N–H and O–H groups in total. The zero-order valence-electron chi connectivity index (χ0n) is 15.4. The summed E-state index contributed by atoms with van der Waals surface area (Å²) < 4.78 is 0. The molecule has 0 aliphatic heterocycles. The molecule has 2 aliphatic carbocycles. The molecule has 0 heterocycles. The van der Waals surface area contributed by atoms with Crippen molar-refractivity contribution in [2.45, 2.75) is 71.1 Å². The van der Waals surface area contributed by atoms with E-state index in [2.05, 4.69) is 62.4 Å². The first kappa shape index (κ1) is 17.3. The molecule has 0 amide bonds. The van der Waals surface area contributed by atoms with Gasteiger partial charge in [0.05, 0.1) is 0 Å². The van der Waals surface area contributed by atoms with Crippen LogP contribution >= 0.6 is 0 Å². The Morgan fingerprint density at radius 3 is 2.50 bits per heavy atom. The fourth-order valence-corrected chi connectivity index (χ4v) is 4.09. The van der Waals surface area contributed by atoms with Gasteiger partial charge in [-0.05, 0) is 61.1 Å². The van der Waals surface area contributed by atoms with Gasteiger partial charge in [0, 0.05) is 5.92 Å². The van der Waals surface area contributed by atoms with Crippen LogP contribution in [0.5, 0.6) is 0 Å². The summed E-state index contributed by atoms with van der Waals surface area (Å²) in [6.45, 7) is 4.56. The first-order chi connectivity index (χ1) is 11.8. The third kappa shape index (κ3) is 4.09. The van der Waals surface area contributed by atoms with Gasteiger partial charge in [-0.2, -0.15) is 0 Å². The maximum Gasteiger partial charge on any atom is 0.00303 e. The number of unbranched alkanes of at least 4 members (excludes halogenated alkanes) is 2. The van der Waals surface area contributed by atoms with Crippen molar-refractivity contribution in [1.82, 2.24) is 0 Å². The molecule has 0 aromatic heterocycles. The summed E-state index contributed by atoms with van der Waals surface area (Å²) in [6, 6.07) is 9.08. The Bertz CT molecular complexity index is 629. The number of rotatable bonds is 9. The van der Waals surface area contributed by atoms with E-state index in [-0.39, 0.29) is 0 Å². The van der Waals surface area contributed by atoms with Crippen LogP contribution in [0.2, 0.25) is 0 Å². The first-order valence-corrected chi connectivity index (χ1v) is 10.0. The van der Waals surface area contributed by atoms with Crippen LogP contribution in [0.25, 0.3) is 5.57 Å². The molecular weight excluding hydrogens is 288 g/mol. The Hall–Kier alpha value is -1.56. The van der Waals surface area contributed by atoms with E-state index in [1.807, 2.05) is 0 Å². The molecule has 1 aromatic carbocycles. The molecular formula is C24H32. The van der Waals surface area contributed by atoms with Crippen LogP contribution in [0.15, 0.2) is 54.1 Å². The van der Waals surface area contributed by atoms with E-state index in [0.29, 0.717) is 11.8 Å². The van der Waals surface area contributed by atoms with Gasteiger partial charge in [-0.15, -0.1) is 0 Å². The highest BCUT2D eigenvalue weighted by atomic mass is 14.3. The number of benzene rings is 1. The molecule has 3 rings (SSSR count). The molecule has 0 saturated heterocycles. The summed E-state index contributed by atoms with van der Waals surface area (Å²) in [7, 11) is 0. The Balaban J connectivity index is 1.60. The smallest absolute Gasteiger partial charge is 0.00303 e. The van der Waals surface area contributed by atoms with Crippen molar-refractivity contribution >= 4 is 5.57 Å². The van der Waals surface area contributed by atoms with E-state index in [9.17, 15) is 0 Å². The Morgan fingerprint density at radius 2 is 1.67 bits per heavy atom. The fourth-order valence-electron chi connectivity index (χ4n) is 4.09. The third-order valence-corrected chi connectivity index (χ3v) is 5.52. The molecule has 0 saturated carbocycles. The quantitative estimate of drug-likeness (QED) is 0.443. The van der Waals surface area contributed by atoms with E-state index >= 15 is 0 Å². The molecule has 1 aromatic rings. The lowest BCUT2D eigenvalue weighted by Crippen LogP contribution is -1.97. The summed E-state index contributed by atoms with van der Waals surface area (Å²) in [5.41, 5.74) is 6.25.